The molecule has 25 heavy (non-hydrogen) atoms. The summed E-state index contributed by atoms with van der Waals surface area (Å²) in [6.07, 6.45) is 4.33. The van der Waals surface area contributed by atoms with Crippen molar-refractivity contribution in [3.05, 3.63) is 46.8 Å². The number of nitrogen functional groups attached to an aromatic ring is 1. The molecule has 1 aliphatic carbocycles. The van der Waals surface area contributed by atoms with Gasteiger partial charge in [-0.15, -0.1) is 0 Å². The molecule has 2 aromatic heterocycles. The molecule has 0 radical (unpaired) electrons. The molecule has 1 aromatic carbocycles. The third kappa shape index (κ3) is 2.64. The minimum absolute atomic E-state index is 0.520. The van der Waals surface area contributed by atoms with Gasteiger partial charge < -0.3 is 10.6 Å². The minimum atomic E-state index is 0.520. The monoisotopic (exact) mass is 335 g/mol. The second-order valence-electron chi connectivity index (χ2n) is 7.31. The van der Waals surface area contributed by atoms with Crippen molar-refractivity contribution in [2.75, 3.05) is 17.7 Å². The molecule has 5 nitrogen and oxygen atoms in total. The molecule has 5 heteroatoms. The van der Waals surface area contributed by atoms with Gasteiger partial charge in [-0.1, -0.05) is 19.1 Å². The van der Waals surface area contributed by atoms with Gasteiger partial charge >= 0.3 is 0 Å². The molecule has 130 valence electrons. The second-order valence-corrected chi connectivity index (χ2v) is 7.31. The number of anilines is 2. The summed E-state index contributed by atoms with van der Waals surface area (Å²) >= 11 is 0. The van der Waals surface area contributed by atoms with Crippen molar-refractivity contribution in [2.24, 2.45) is 7.05 Å². The molecule has 0 spiro atoms. The summed E-state index contributed by atoms with van der Waals surface area (Å²) in [7, 11) is 4.05. The number of fused-ring (bicyclic) bond motifs is 3. The van der Waals surface area contributed by atoms with E-state index in [1.807, 2.05) is 18.7 Å². The van der Waals surface area contributed by atoms with Gasteiger partial charge in [0, 0.05) is 37.8 Å². The fraction of sp³-hybridized carbons (Fsp3) is 0.400. The van der Waals surface area contributed by atoms with E-state index in [4.69, 9.17) is 10.7 Å². The van der Waals surface area contributed by atoms with Crippen LogP contribution in [0.4, 0.5) is 11.5 Å². The van der Waals surface area contributed by atoms with Gasteiger partial charge in [-0.25, -0.2) is 4.98 Å². The largest absolute Gasteiger partial charge is 0.383 e. The third-order valence-electron chi connectivity index (χ3n) is 5.37. The first-order valence-corrected chi connectivity index (χ1v) is 8.86. The summed E-state index contributed by atoms with van der Waals surface area (Å²) in [5.74, 6) is 1.23. The van der Waals surface area contributed by atoms with Crippen molar-refractivity contribution < 1.29 is 0 Å². The minimum Gasteiger partial charge on any atom is -0.383 e. The average molecular weight is 335 g/mol. The number of aromatic nitrogens is 3. The number of pyridine rings is 1. The Morgan fingerprint density at radius 3 is 2.88 bits per heavy atom. The van der Waals surface area contributed by atoms with E-state index >= 15 is 0 Å². The molecule has 1 aliphatic rings. The number of aryl methyl sites for hydroxylation is 3. The van der Waals surface area contributed by atoms with Crippen LogP contribution in [0.2, 0.25) is 0 Å². The van der Waals surface area contributed by atoms with Gasteiger partial charge in [-0.05, 0) is 42.9 Å². The van der Waals surface area contributed by atoms with Crippen molar-refractivity contribution in [3.8, 4) is 0 Å². The van der Waals surface area contributed by atoms with Gasteiger partial charge in [-0.2, -0.15) is 5.10 Å². The maximum absolute atomic E-state index is 6.26. The molecule has 0 aliphatic heterocycles. The summed E-state index contributed by atoms with van der Waals surface area (Å²) in [6, 6.07) is 6.61. The van der Waals surface area contributed by atoms with E-state index in [9.17, 15) is 0 Å². The molecule has 0 bridgehead atoms. The topological polar surface area (TPSA) is 60.0 Å². The Kier molecular flexibility index (Phi) is 3.67. The number of benzene rings is 1. The number of hydrogen-bond donors (Lipinski definition) is 1. The number of nitrogens with zero attached hydrogens (tertiary/aromatic N) is 4. The molecule has 2 N–H and O–H groups in total. The summed E-state index contributed by atoms with van der Waals surface area (Å²) in [6.45, 7) is 5.10. The maximum Gasteiger partial charge on any atom is 0.127 e. The van der Waals surface area contributed by atoms with E-state index < -0.39 is 0 Å². The molecule has 1 unspecified atom stereocenters. The fourth-order valence-corrected chi connectivity index (χ4v) is 4.16. The van der Waals surface area contributed by atoms with Crippen molar-refractivity contribution >= 4 is 22.4 Å². The average Bonchev–Trinajstić information content (AvgIpc) is 3.10. The molecular weight excluding hydrogens is 310 g/mol. The van der Waals surface area contributed by atoms with E-state index in [-0.39, 0.29) is 0 Å². The van der Waals surface area contributed by atoms with Crippen molar-refractivity contribution in [1.82, 2.24) is 14.8 Å². The van der Waals surface area contributed by atoms with Crippen molar-refractivity contribution in [2.45, 2.75) is 39.2 Å². The van der Waals surface area contributed by atoms with Gasteiger partial charge in [-0.3, -0.25) is 4.68 Å². The Labute approximate surface area is 148 Å². The van der Waals surface area contributed by atoms with Gasteiger partial charge in [0.15, 0.2) is 0 Å². The molecule has 3 aromatic rings. The summed E-state index contributed by atoms with van der Waals surface area (Å²) < 4.78 is 1.86. The molecule has 1 atom stereocenters. The van der Waals surface area contributed by atoms with Gasteiger partial charge in [0.25, 0.3) is 0 Å². The zero-order chi connectivity index (χ0) is 17.7. The van der Waals surface area contributed by atoms with E-state index in [2.05, 4.69) is 48.4 Å². The molecule has 0 fully saturated rings. The molecule has 0 saturated heterocycles. The smallest absolute Gasteiger partial charge is 0.127 e. The quantitative estimate of drug-likeness (QED) is 0.795. The molecule has 0 saturated carbocycles. The number of hydrogen-bond acceptors (Lipinski definition) is 4. The standard InChI is InChI=1S/C20H25N5/c1-12-5-7-16-15-8-6-14(9-17(15)22-20(21)19(12)16)10-24(3)18-11-25(4)23-13(18)2/h6,8-9,11-12H,5,7,10H2,1-4H3,(H2,21,22). The Morgan fingerprint density at radius 2 is 2.16 bits per heavy atom. The van der Waals surface area contributed by atoms with E-state index in [1.165, 1.54) is 28.5 Å². The van der Waals surface area contributed by atoms with Crippen LogP contribution in [0.3, 0.4) is 0 Å². The first kappa shape index (κ1) is 15.9. The zero-order valence-corrected chi connectivity index (χ0v) is 15.4. The van der Waals surface area contributed by atoms with Gasteiger partial charge in [0.1, 0.15) is 5.82 Å². The first-order valence-electron chi connectivity index (χ1n) is 8.86. The SMILES string of the molecule is Cc1nn(C)cc1N(C)Cc1ccc2c3c(c(N)nc2c1)C(C)CC3. The highest BCUT2D eigenvalue weighted by Crippen LogP contribution is 2.39. The van der Waals surface area contributed by atoms with Gasteiger partial charge in [0.2, 0.25) is 0 Å². The highest BCUT2D eigenvalue weighted by molar-refractivity contribution is 5.87. The summed E-state index contributed by atoms with van der Waals surface area (Å²) in [5, 5.41) is 5.69. The third-order valence-corrected chi connectivity index (χ3v) is 5.37. The van der Waals surface area contributed by atoms with E-state index in [1.54, 1.807) is 0 Å². The Bertz CT molecular complexity index is 956. The fourth-order valence-electron chi connectivity index (χ4n) is 4.16. The lowest BCUT2D eigenvalue weighted by atomic mass is 10.00. The second kappa shape index (κ2) is 5.76. The van der Waals surface area contributed by atoms with Crippen molar-refractivity contribution in [1.29, 1.82) is 0 Å². The van der Waals surface area contributed by atoms with Crippen LogP contribution in [-0.4, -0.2) is 21.8 Å². The lowest BCUT2D eigenvalue weighted by Gasteiger charge is -2.19. The summed E-state index contributed by atoms with van der Waals surface area (Å²) in [4.78, 5) is 6.93. The molecule has 2 heterocycles. The van der Waals surface area contributed by atoms with Crippen LogP contribution < -0.4 is 10.6 Å². The zero-order valence-electron chi connectivity index (χ0n) is 15.4. The van der Waals surface area contributed by atoms with E-state index in [0.717, 1.165) is 29.9 Å². The first-order chi connectivity index (χ1) is 11.9. The maximum atomic E-state index is 6.26. The normalized spacial score (nSPS) is 16.4. The molecule has 4 rings (SSSR count). The number of rotatable bonds is 3. The summed E-state index contributed by atoms with van der Waals surface area (Å²) in [5.41, 5.74) is 13.4. The Balaban J connectivity index is 1.69. The van der Waals surface area contributed by atoms with Gasteiger partial charge in [0.05, 0.1) is 16.9 Å². The lowest BCUT2D eigenvalue weighted by Crippen LogP contribution is -2.16. The van der Waals surface area contributed by atoms with Crippen LogP contribution >= 0.6 is 0 Å². The molecule has 0 amide bonds. The Hall–Kier alpha value is -2.56. The van der Waals surface area contributed by atoms with Crippen LogP contribution in [0.1, 0.15) is 41.6 Å². The lowest BCUT2D eigenvalue weighted by molar-refractivity contribution is 0.747. The van der Waals surface area contributed by atoms with E-state index in [0.29, 0.717) is 11.7 Å². The van der Waals surface area contributed by atoms with Crippen LogP contribution in [-0.2, 0) is 20.0 Å². The van der Waals surface area contributed by atoms with Crippen LogP contribution in [0.5, 0.6) is 0 Å². The highest BCUT2D eigenvalue weighted by atomic mass is 15.3. The Morgan fingerprint density at radius 1 is 1.36 bits per heavy atom. The number of nitrogens with two attached hydrogens (primary N) is 1. The molecular formula is C20H25N5. The van der Waals surface area contributed by atoms with Crippen LogP contribution in [0.15, 0.2) is 24.4 Å². The van der Waals surface area contributed by atoms with Crippen LogP contribution in [0.25, 0.3) is 10.9 Å². The predicted octanol–water partition coefficient (Wildman–Crippen LogP) is 3.55. The van der Waals surface area contributed by atoms with Crippen molar-refractivity contribution in [3.63, 3.8) is 0 Å². The highest BCUT2D eigenvalue weighted by Gasteiger charge is 2.24. The van der Waals surface area contributed by atoms with Crippen LogP contribution in [0, 0.1) is 6.92 Å². The predicted molar refractivity (Wildman–Crippen MR) is 103 cm³/mol.